The molecule has 0 aromatic heterocycles. The molecule has 0 radical (unpaired) electrons. The van der Waals surface area contributed by atoms with Crippen LogP contribution in [0.5, 0.6) is 0 Å². The van der Waals surface area contributed by atoms with Gasteiger partial charge in [-0.15, -0.1) is 0 Å². The van der Waals surface area contributed by atoms with E-state index in [0.717, 1.165) is 16.7 Å². The van der Waals surface area contributed by atoms with Crippen LogP contribution < -0.4 is 0 Å². The number of amides is 1. The number of aryl methyl sites for hydroxylation is 1. The molecule has 0 heterocycles. The average Bonchev–Trinajstić information content (AvgIpc) is 2.45. The Kier molecular flexibility index (Phi) is 4.88. The second-order valence-electron chi connectivity index (χ2n) is 5.07. The number of hydrogen-bond acceptors (Lipinski definition) is 1. The van der Waals surface area contributed by atoms with Gasteiger partial charge in [0.2, 0.25) is 5.91 Å². The van der Waals surface area contributed by atoms with E-state index in [2.05, 4.69) is 0 Å². The minimum atomic E-state index is -0.288. The molecule has 0 aliphatic carbocycles. The number of carbonyl (C=O) groups is 1. The van der Waals surface area contributed by atoms with E-state index in [9.17, 15) is 9.18 Å². The summed E-state index contributed by atoms with van der Waals surface area (Å²) in [4.78, 5) is 13.6. The number of benzene rings is 2. The molecule has 0 saturated heterocycles. The number of likely N-dealkylation sites (N-methyl/N-ethyl adjacent to an activating group) is 1. The Morgan fingerprint density at radius 3 is 2.67 bits per heavy atom. The Morgan fingerprint density at radius 2 is 1.95 bits per heavy atom. The van der Waals surface area contributed by atoms with Gasteiger partial charge in [-0.3, -0.25) is 4.79 Å². The van der Waals surface area contributed by atoms with E-state index in [1.54, 1.807) is 30.2 Å². The first-order chi connectivity index (χ1) is 10.0. The van der Waals surface area contributed by atoms with Crippen LogP contribution >= 0.6 is 0 Å². The fraction of sp³-hybridized carbons (Fsp3) is 0.167. The Bertz CT molecular complexity index is 664. The normalized spacial score (nSPS) is 10.8. The van der Waals surface area contributed by atoms with Gasteiger partial charge >= 0.3 is 0 Å². The van der Waals surface area contributed by atoms with Gasteiger partial charge in [0.25, 0.3) is 0 Å². The smallest absolute Gasteiger partial charge is 0.246 e. The second-order valence-corrected chi connectivity index (χ2v) is 5.07. The average molecular weight is 283 g/mol. The molecule has 0 aliphatic heterocycles. The summed E-state index contributed by atoms with van der Waals surface area (Å²) in [5, 5.41) is 0. The highest BCUT2D eigenvalue weighted by atomic mass is 19.1. The number of carbonyl (C=O) groups excluding carboxylic acids is 1. The highest BCUT2D eigenvalue weighted by Crippen LogP contribution is 2.08. The molecule has 21 heavy (non-hydrogen) atoms. The van der Waals surface area contributed by atoms with Crippen LogP contribution in [0.4, 0.5) is 4.39 Å². The van der Waals surface area contributed by atoms with Crippen molar-refractivity contribution in [2.45, 2.75) is 13.5 Å². The van der Waals surface area contributed by atoms with Crippen LogP contribution in [0.15, 0.2) is 54.6 Å². The monoisotopic (exact) mass is 283 g/mol. The largest absolute Gasteiger partial charge is 0.338 e. The molecule has 0 saturated carbocycles. The highest BCUT2D eigenvalue weighted by Gasteiger charge is 2.06. The van der Waals surface area contributed by atoms with Crippen LogP contribution in [0, 0.1) is 12.7 Å². The van der Waals surface area contributed by atoms with Crippen molar-refractivity contribution in [3.63, 3.8) is 0 Å². The molecule has 108 valence electrons. The molecule has 2 rings (SSSR count). The van der Waals surface area contributed by atoms with Gasteiger partial charge in [-0.05, 0) is 36.3 Å². The molecule has 3 heteroatoms. The Balaban J connectivity index is 1.99. The lowest BCUT2D eigenvalue weighted by molar-refractivity contribution is -0.125. The van der Waals surface area contributed by atoms with E-state index in [4.69, 9.17) is 0 Å². The molecular formula is C18H18FNO. The summed E-state index contributed by atoms with van der Waals surface area (Å²) in [6, 6.07) is 14.2. The van der Waals surface area contributed by atoms with Crippen LogP contribution in [0.2, 0.25) is 0 Å². The number of rotatable bonds is 4. The molecule has 0 spiro atoms. The quantitative estimate of drug-likeness (QED) is 0.781. The third kappa shape index (κ3) is 4.56. The van der Waals surface area contributed by atoms with E-state index in [0.29, 0.717) is 6.54 Å². The van der Waals surface area contributed by atoms with Gasteiger partial charge in [-0.2, -0.15) is 0 Å². The molecule has 2 nitrogen and oxygen atoms in total. The molecule has 0 bridgehead atoms. The lowest BCUT2D eigenvalue weighted by atomic mass is 10.1. The van der Waals surface area contributed by atoms with E-state index in [-0.39, 0.29) is 11.7 Å². The molecule has 0 N–H and O–H groups in total. The molecular weight excluding hydrogens is 265 g/mol. The molecule has 2 aromatic rings. The predicted molar refractivity (Wildman–Crippen MR) is 83.1 cm³/mol. The van der Waals surface area contributed by atoms with Gasteiger partial charge in [0, 0.05) is 19.7 Å². The first-order valence-corrected chi connectivity index (χ1v) is 6.79. The van der Waals surface area contributed by atoms with E-state index >= 15 is 0 Å². The lowest BCUT2D eigenvalue weighted by Gasteiger charge is -2.15. The summed E-state index contributed by atoms with van der Waals surface area (Å²) < 4.78 is 13.1. The molecule has 0 atom stereocenters. The van der Waals surface area contributed by atoms with Crippen molar-refractivity contribution in [2.24, 2.45) is 0 Å². The van der Waals surface area contributed by atoms with Gasteiger partial charge in [0.1, 0.15) is 5.82 Å². The van der Waals surface area contributed by atoms with Crippen molar-refractivity contribution in [1.29, 1.82) is 0 Å². The minimum absolute atomic E-state index is 0.110. The molecule has 0 unspecified atom stereocenters. The summed E-state index contributed by atoms with van der Waals surface area (Å²) in [6.07, 6.45) is 3.32. The van der Waals surface area contributed by atoms with E-state index in [1.165, 1.54) is 18.2 Å². The van der Waals surface area contributed by atoms with Crippen molar-refractivity contribution < 1.29 is 9.18 Å². The molecule has 0 fully saturated rings. The van der Waals surface area contributed by atoms with Crippen LogP contribution in [-0.4, -0.2) is 17.9 Å². The van der Waals surface area contributed by atoms with Crippen LogP contribution in [0.3, 0.4) is 0 Å². The minimum Gasteiger partial charge on any atom is -0.338 e. The van der Waals surface area contributed by atoms with Gasteiger partial charge in [-0.25, -0.2) is 4.39 Å². The van der Waals surface area contributed by atoms with Gasteiger partial charge < -0.3 is 4.90 Å². The molecule has 1 amide bonds. The van der Waals surface area contributed by atoms with E-state index < -0.39 is 0 Å². The maximum Gasteiger partial charge on any atom is 0.246 e. The predicted octanol–water partition coefficient (Wildman–Crippen LogP) is 3.81. The third-order valence-electron chi connectivity index (χ3n) is 3.15. The number of halogens is 1. The molecule has 0 aliphatic rings. The summed E-state index contributed by atoms with van der Waals surface area (Å²) in [5.74, 6) is -0.399. The zero-order chi connectivity index (χ0) is 15.2. The summed E-state index contributed by atoms with van der Waals surface area (Å²) in [5.41, 5.74) is 2.91. The summed E-state index contributed by atoms with van der Waals surface area (Å²) in [6.45, 7) is 2.39. The van der Waals surface area contributed by atoms with Crippen molar-refractivity contribution in [2.75, 3.05) is 7.05 Å². The Hall–Kier alpha value is -2.42. The summed E-state index contributed by atoms with van der Waals surface area (Å²) >= 11 is 0. The Labute approximate surface area is 124 Å². The van der Waals surface area contributed by atoms with Gasteiger partial charge in [-0.1, -0.05) is 42.0 Å². The van der Waals surface area contributed by atoms with Crippen LogP contribution in [0.1, 0.15) is 16.7 Å². The van der Waals surface area contributed by atoms with Crippen LogP contribution in [-0.2, 0) is 11.3 Å². The zero-order valence-corrected chi connectivity index (χ0v) is 12.2. The fourth-order valence-corrected chi connectivity index (χ4v) is 2.06. The highest BCUT2D eigenvalue weighted by molar-refractivity contribution is 5.91. The van der Waals surface area contributed by atoms with Gasteiger partial charge in [0.05, 0.1) is 0 Å². The lowest BCUT2D eigenvalue weighted by Crippen LogP contribution is -2.24. The SMILES string of the molecule is Cc1cccc(/C=C/C(=O)N(C)Cc2cccc(F)c2)c1. The topological polar surface area (TPSA) is 20.3 Å². The third-order valence-corrected chi connectivity index (χ3v) is 3.15. The second kappa shape index (κ2) is 6.84. The standard InChI is InChI=1S/C18H18FNO/c1-14-5-3-6-15(11-14)9-10-18(21)20(2)13-16-7-4-8-17(19)12-16/h3-12H,13H2,1-2H3/b10-9+. The van der Waals surface area contributed by atoms with Gasteiger partial charge in [0.15, 0.2) is 0 Å². The first-order valence-electron chi connectivity index (χ1n) is 6.79. The Morgan fingerprint density at radius 1 is 1.19 bits per heavy atom. The first kappa shape index (κ1) is 15.0. The van der Waals surface area contributed by atoms with Crippen molar-refractivity contribution in [3.05, 3.63) is 77.1 Å². The molecule has 2 aromatic carbocycles. The fourth-order valence-electron chi connectivity index (χ4n) is 2.06. The maximum absolute atomic E-state index is 13.1. The maximum atomic E-state index is 13.1. The van der Waals surface area contributed by atoms with Crippen molar-refractivity contribution in [3.8, 4) is 0 Å². The van der Waals surface area contributed by atoms with E-state index in [1.807, 2.05) is 31.2 Å². The van der Waals surface area contributed by atoms with Crippen LogP contribution in [0.25, 0.3) is 6.08 Å². The summed E-state index contributed by atoms with van der Waals surface area (Å²) in [7, 11) is 1.70. The number of nitrogens with zero attached hydrogens (tertiary/aromatic N) is 1. The zero-order valence-electron chi connectivity index (χ0n) is 12.2. The number of hydrogen-bond donors (Lipinski definition) is 0. The van der Waals surface area contributed by atoms with Crippen molar-refractivity contribution in [1.82, 2.24) is 4.90 Å². The van der Waals surface area contributed by atoms with Crippen molar-refractivity contribution >= 4 is 12.0 Å².